The predicted molar refractivity (Wildman–Crippen MR) is 192 cm³/mol. The number of halogens is 2. The van der Waals surface area contributed by atoms with E-state index in [1.54, 1.807) is 81.4 Å². The van der Waals surface area contributed by atoms with Crippen molar-refractivity contribution in [3.63, 3.8) is 0 Å². The molecule has 0 bridgehead atoms. The molecule has 2 aliphatic rings. The van der Waals surface area contributed by atoms with Crippen LogP contribution in [0, 0.1) is 13.8 Å². The third kappa shape index (κ3) is 9.59. The molecule has 0 radical (unpaired) electrons. The van der Waals surface area contributed by atoms with Crippen LogP contribution in [-0.4, -0.2) is 61.7 Å². The van der Waals surface area contributed by atoms with Gasteiger partial charge in [-0.2, -0.15) is 0 Å². The smallest absolute Gasteiger partial charge is 0.647 e. The van der Waals surface area contributed by atoms with Crippen LogP contribution in [0.25, 0.3) is 12.2 Å². The summed E-state index contributed by atoms with van der Waals surface area (Å²) < 4.78 is 20.3. The number of allylic oxidation sites excluding steroid dienone is 2. The van der Waals surface area contributed by atoms with Crippen LogP contribution in [0.1, 0.15) is 98.6 Å². The first-order chi connectivity index (χ1) is 23.6. The van der Waals surface area contributed by atoms with Gasteiger partial charge in [-0.15, -0.1) is 34.6 Å². The summed E-state index contributed by atoms with van der Waals surface area (Å²) in [5, 5.41) is 0.474. The minimum absolute atomic E-state index is 0. The van der Waals surface area contributed by atoms with Crippen molar-refractivity contribution in [2.75, 3.05) is 26.4 Å². The van der Waals surface area contributed by atoms with Gasteiger partial charge in [-0.3, -0.25) is 9.98 Å². The minimum Gasteiger partial charge on any atom is -0.647 e. The number of carbonyl (C=O) groups is 4. The zero-order valence-corrected chi connectivity index (χ0v) is 32.7. The van der Waals surface area contributed by atoms with E-state index in [0.717, 1.165) is 0 Å². The Balaban J connectivity index is 0.000000347. The van der Waals surface area contributed by atoms with Crippen LogP contribution in [-0.2, 0) is 45.3 Å². The Morgan fingerprint density at radius 1 is 0.569 bits per heavy atom. The van der Waals surface area contributed by atoms with Gasteiger partial charge in [-0.05, 0) is 104 Å². The number of aliphatic imine (C=N–C) groups is 2. The summed E-state index contributed by atoms with van der Waals surface area (Å²) in [7, 11) is 0. The largest absolute Gasteiger partial charge is 3.00 e. The zero-order valence-electron chi connectivity index (χ0n) is 30.1. The van der Waals surface area contributed by atoms with Gasteiger partial charge in [0.05, 0.1) is 60.4 Å². The number of ether oxygens (including phenoxy) is 4. The van der Waals surface area contributed by atoms with Crippen LogP contribution >= 0.6 is 23.2 Å². The van der Waals surface area contributed by atoms with Gasteiger partial charge >= 0.3 is 40.7 Å². The number of esters is 4. The fourth-order valence-electron chi connectivity index (χ4n) is 5.20. The summed E-state index contributed by atoms with van der Waals surface area (Å²) in [5.74, 6) is -1.81. The van der Waals surface area contributed by atoms with Gasteiger partial charge in [0.15, 0.2) is 0 Å². The second kappa shape index (κ2) is 18.9. The van der Waals surface area contributed by atoms with Crippen LogP contribution < -0.4 is 9.97 Å². The molecule has 15 heteroatoms. The number of rotatable bonds is 10. The van der Waals surface area contributed by atoms with Crippen LogP contribution in [0.5, 0.6) is 0 Å². The quantitative estimate of drug-likeness (QED) is 0.182. The molecular formula is C36H40Cl2CoN4O8+. The molecule has 2 aromatic heterocycles. The summed E-state index contributed by atoms with van der Waals surface area (Å²) in [6.45, 7) is 18.5. The Labute approximate surface area is 317 Å². The van der Waals surface area contributed by atoms with Gasteiger partial charge < -0.3 is 28.9 Å². The molecule has 0 amide bonds. The molecule has 0 spiro atoms. The fourth-order valence-corrected chi connectivity index (χ4v) is 5.57. The molecule has 0 atom stereocenters. The Morgan fingerprint density at radius 3 is 1.16 bits per heavy atom. The van der Waals surface area contributed by atoms with E-state index in [-0.39, 0.29) is 53.5 Å². The first kappa shape index (κ1) is 43.0. The summed E-state index contributed by atoms with van der Waals surface area (Å²) in [6, 6.07) is 0. The van der Waals surface area contributed by atoms with E-state index in [4.69, 9.17) is 42.1 Å². The third-order valence-electron chi connectivity index (χ3n) is 7.60. The van der Waals surface area contributed by atoms with Gasteiger partial charge in [0, 0.05) is 11.1 Å². The Bertz CT molecular complexity index is 1770. The van der Waals surface area contributed by atoms with E-state index in [1.165, 1.54) is 0 Å². The maximum atomic E-state index is 12.2. The third-order valence-corrected chi connectivity index (χ3v) is 8.34. The van der Waals surface area contributed by atoms with E-state index in [2.05, 4.69) is 20.0 Å². The van der Waals surface area contributed by atoms with Crippen molar-refractivity contribution in [2.24, 2.45) is 9.98 Å². The van der Waals surface area contributed by atoms with Crippen molar-refractivity contribution in [3.05, 3.63) is 77.6 Å². The number of hydrogen-bond donors (Lipinski definition) is 0. The second-order valence-corrected chi connectivity index (χ2v) is 11.6. The van der Waals surface area contributed by atoms with E-state index in [1.807, 2.05) is 0 Å². The monoisotopic (exact) mass is 785 g/mol. The second-order valence-electron chi connectivity index (χ2n) is 10.9. The van der Waals surface area contributed by atoms with Crippen LogP contribution in [0.3, 0.4) is 0 Å². The zero-order chi connectivity index (χ0) is 37.4. The molecule has 4 rings (SSSR count). The standard InChI is InChI=1S/2C18H21ClN2O4.Co/c2*1-6-24-17(22)14-9(3)12(20-11(14)5)8-13-15(18(23)25-7-2)10(4)16(19)21-13;/h2*8H,6-7H2,1-5H3,(H,20,21,22,23);/q;;+3/p-2. The molecule has 0 aliphatic carbocycles. The molecule has 2 aliphatic heterocycles. The van der Waals surface area contributed by atoms with Crippen molar-refractivity contribution < 1.29 is 54.9 Å². The van der Waals surface area contributed by atoms with E-state index in [0.29, 0.717) is 78.8 Å². The van der Waals surface area contributed by atoms with Crippen LogP contribution in [0.4, 0.5) is 0 Å². The summed E-state index contributed by atoms with van der Waals surface area (Å²) >= 11 is 12.2. The Kier molecular flexibility index (Phi) is 15.9. The van der Waals surface area contributed by atoms with Crippen molar-refractivity contribution in [1.82, 2.24) is 9.97 Å². The summed E-state index contributed by atoms with van der Waals surface area (Å²) in [4.78, 5) is 65.8. The number of aromatic nitrogens is 2. The molecule has 274 valence electrons. The van der Waals surface area contributed by atoms with Crippen molar-refractivity contribution in [1.29, 1.82) is 0 Å². The molecule has 4 heterocycles. The number of nitrogens with zero attached hydrogens (tertiary/aromatic N) is 4. The van der Waals surface area contributed by atoms with Gasteiger partial charge in [-0.25, -0.2) is 19.2 Å². The van der Waals surface area contributed by atoms with Crippen LogP contribution in [0.15, 0.2) is 43.7 Å². The Morgan fingerprint density at radius 2 is 0.863 bits per heavy atom. The molecule has 0 unspecified atom stereocenters. The molecule has 0 saturated carbocycles. The normalized spacial score (nSPS) is 15.3. The van der Waals surface area contributed by atoms with Crippen molar-refractivity contribution >= 4 is 70.7 Å². The van der Waals surface area contributed by atoms with E-state index >= 15 is 0 Å². The average Bonchev–Trinajstić information content (AvgIpc) is 3.69. The Hall–Kier alpha value is -4.17. The van der Waals surface area contributed by atoms with E-state index in [9.17, 15) is 19.2 Å². The molecule has 2 aromatic rings. The van der Waals surface area contributed by atoms with Gasteiger partial charge in [0.25, 0.3) is 0 Å². The maximum Gasteiger partial charge on any atom is 3.00 e. The first-order valence-electron chi connectivity index (χ1n) is 15.9. The summed E-state index contributed by atoms with van der Waals surface area (Å²) in [6.07, 6.45) is 3.27. The number of hydrogen-bond acceptors (Lipinski definition) is 10. The first-order valence-corrected chi connectivity index (χ1v) is 16.7. The summed E-state index contributed by atoms with van der Waals surface area (Å²) in [5.41, 5.74) is 6.88. The molecule has 12 nitrogen and oxygen atoms in total. The topological polar surface area (TPSA) is 158 Å². The van der Waals surface area contributed by atoms with E-state index < -0.39 is 23.9 Å². The maximum absolute atomic E-state index is 12.2. The molecule has 0 N–H and O–H groups in total. The average molecular weight is 787 g/mol. The minimum atomic E-state index is -0.489. The van der Waals surface area contributed by atoms with Gasteiger partial charge in [0.2, 0.25) is 0 Å². The molecule has 0 aromatic carbocycles. The number of carbonyl (C=O) groups excluding carboxylic acids is 4. The fraction of sp³-hybridized carbons (Fsp3) is 0.389. The van der Waals surface area contributed by atoms with Gasteiger partial charge in [0.1, 0.15) is 0 Å². The molecule has 51 heavy (non-hydrogen) atoms. The van der Waals surface area contributed by atoms with Crippen LogP contribution in [0.2, 0.25) is 10.3 Å². The van der Waals surface area contributed by atoms with Crippen molar-refractivity contribution in [2.45, 2.75) is 69.2 Å². The molecule has 0 fully saturated rings. The van der Waals surface area contributed by atoms with Crippen molar-refractivity contribution in [3.8, 4) is 0 Å². The van der Waals surface area contributed by atoms with Gasteiger partial charge in [-0.1, -0.05) is 10.3 Å². The predicted octanol–water partition coefficient (Wildman–Crippen LogP) is 6.95. The SMILES string of the molecule is CCOC(=O)C1=C(C)/C(=C/c2[n-]c(Cl)c(C)c2C(=O)OCC)N=C1C.CCOC(=O)C1=C(C)/C(=C/c2[n-]c(Cl)c(C)c2C(=O)OCC)N=C1C.[Co+3]. The molecular weight excluding hydrogens is 746 g/mol. The molecule has 0 saturated heterocycles.